The van der Waals surface area contributed by atoms with Gasteiger partial charge in [-0.2, -0.15) is 0 Å². The number of anilines is 1. The van der Waals surface area contributed by atoms with Crippen LogP contribution in [0.15, 0.2) is 30.0 Å². The second-order valence-corrected chi connectivity index (χ2v) is 5.36. The van der Waals surface area contributed by atoms with Crippen LogP contribution in [-0.2, 0) is 4.79 Å². The quantitative estimate of drug-likeness (QED) is 0.799. The molecule has 4 heteroatoms. The van der Waals surface area contributed by atoms with Gasteiger partial charge in [0.25, 0.3) is 0 Å². The minimum atomic E-state index is 0.127. The summed E-state index contributed by atoms with van der Waals surface area (Å²) >= 11 is 12.0. The van der Waals surface area contributed by atoms with Gasteiger partial charge in [-0.3, -0.25) is 4.79 Å². The van der Waals surface area contributed by atoms with Crippen LogP contribution in [0, 0.1) is 5.92 Å². The third-order valence-electron chi connectivity index (χ3n) is 3.20. The van der Waals surface area contributed by atoms with Crippen molar-refractivity contribution < 1.29 is 4.79 Å². The number of nitrogens with one attached hydrogen (secondary N) is 1. The minimum absolute atomic E-state index is 0.127. The molecule has 1 saturated carbocycles. The fourth-order valence-corrected chi connectivity index (χ4v) is 2.45. The molecule has 0 saturated heterocycles. The highest BCUT2D eigenvalue weighted by Gasteiger charge is 2.22. The molecule has 1 aromatic carbocycles. The first-order chi connectivity index (χ1) is 8.59. The maximum Gasteiger partial charge on any atom is 0.163 e. The smallest absolute Gasteiger partial charge is 0.163 e. The van der Waals surface area contributed by atoms with Crippen LogP contribution in [-0.4, -0.2) is 5.78 Å². The van der Waals surface area contributed by atoms with Crippen LogP contribution < -0.4 is 5.32 Å². The van der Waals surface area contributed by atoms with E-state index >= 15 is 0 Å². The molecule has 1 aliphatic rings. The van der Waals surface area contributed by atoms with E-state index in [2.05, 4.69) is 5.32 Å². The third kappa shape index (κ3) is 2.88. The lowest BCUT2D eigenvalue weighted by molar-refractivity contribution is -0.119. The maximum atomic E-state index is 11.9. The number of hydrogen-bond donors (Lipinski definition) is 1. The van der Waals surface area contributed by atoms with Crippen molar-refractivity contribution in [2.75, 3.05) is 5.32 Å². The van der Waals surface area contributed by atoms with Crippen LogP contribution in [0.5, 0.6) is 0 Å². The van der Waals surface area contributed by atoms with E-state index in [9.17, 15) is 4.79 Å². The summed E-state index contributed by atoms with van der Waals surface area (Å²) in [6, 6.07) is 5.39. The molecule has 1 fully saturated rings. The second-order valence-electron chi connectivity index (χ2n) is 4.57. The zero-order valence-corrected chi connectivity index (χ0v) is 11.7. The summed E-state index contributed by atoms with van der Waals surface area (Å²) in [4.78, 5) is 11.9. The molecule has 0 bridgehead atoms. The first-order valence-electron chi connectivity index (χ1n) is 6.03. The Hall–Kier alpha value is -0.990. The van der Waals surface area contributed by atoms with Crippen LogP contribution in [0.3, 0.4) is 0 Å². The van der Waals surface area contributed by atoms with Crippen molar-refractivity contribution >= 4 is 34.7 Å². The van der Waals surface area contributed by atoms with Crippen molar-refractivity contribution in [3.05, 3.63) is 40.0 Å². The zero-order chi connectivity index (χ0) is 13.1. The molecule has 0 aromatic heterocycles. The lowest BCUT2D eigenvalue weighted by Crippen LogP contribution is -2.19. The van der Waals surface area contributed by atoms with Crippen molar-refractivity contribution in [1.29, 1.82) is 0 Å². The standard InChI is InChI=1S/C14H15Cl2NO/c1-9-4-2-5-10(14(9)18)8-17-12-7-3-6-11(15)13(12)16/h3,6-9,17H,2,4-5H2,1H3/b10-8-/t9-/m1/s1. The van der Waals surface area contributed by atoms with E-state index in [4.69, 9.17) is 23.2 Å². The van der Waals surface area contributed by atoms with E-state index in [1.54, 1.807) is 12.3 Å². The molecule has 0 spiro atoms. The van der Waals surface area contributed by atoms with E-state index in [1.807, 2.05) is 19.1 Å². The van der Waals surface area contributed by atoms with Gasteiger partial charge < -0.3 is 5.32 Å². The fourth-order valence-electron chi connectivity index (χ4n) is 2.09. The van der Waals surface area contributed by atoms with Gasteiger partial charge in [-0.15, -0.1) is 0 Å². The molecule has 0 heterocycles. The van der Waals surface area contributed by atoms with Gasteiger partial charge in [0.2, 0.25) is 0 Å². The molecule has 0 radical (unpaired) electrons. The van der Waals surface area contributed by atoms with Crippen LogP contribution in [0.4, 0.5) is 5.69 Å². The highest BCUT2D eigenvalue weighted by atomic mass is 35.5. The van der Waals surface area contributed by atoms with Gasteiger partial charge >= 0.3 is 0 Å². The molecule has 2 nitrogen and oxygen atoms in total. The SMILES string of the molecule is C[C@@H]1CCC/C(=C/Nc2cccc(Cl)c2Cl)C1=O. The lowest BCUT2D eigenvalue weighted by atomic mass is 9.86. The number of halogens is 2. The highest BCUT2D eigenvalue weighted by molar-refractivity contribution is 6.43. The van der Waals surface area contributed by atoms with Gasteiger partial charge in [0.15, 0.2) is 5.78 Å². The number of hydrogen-bond acceptors (Lipinski definition) is 2. The Balaban J connectivity index is 2.15. The largest absolute Gasteiger partial charge is 0.360 e. The molecular formula is C14H15Cl2NO. The molecule has 1 aromatic rings. The Bertz CT molecular complexity index is 497. The van der Waals surface area contributed by atoms with Gasteiger partial charge in [-0.05, 0) is 31.4 Å². The number of carbonyl (C=O) groups excluding carboxylic acids is 1. The Morgan fingerprint density at radius 3 is 2.94 bits per heavy atom. The summed E-state index contributed by atoms with van der Waals surface area (Å²) in [7, 11) is 0. The van der Waals surface area contributed by atoms with E-state index < -0.39 is 0 Å². The number of ketones is 1. The van der Waals surface area contributed by atoms with E-state index in [-0.39, 0.29) is 11.7 Å². The lowest BCUT2D eigenvalue weighted by Gasteiger charge is -2.19. The molecule has 0 unspecified atom stereocenters. The van der Waals surface area contributed by atoms with E-state index in [0.29, 0.717) is 10.0 Å². The molecule has 2 rings (SSSR count). The van der Waals surface area contributed by atoms with Gasteiger partial charge in [0.05, 0.1) is 15.7 Å². The third-order valence-corrected chi connectivity index (χ3v) is 4.02. The first-order valence-corrected chi connectivity index (χ1v) is 6.79. The average Bonchev–Trinajstić information content (AvgIpc) is 2.36. The number of rotatable bonds is 2. The monoisotopic (exact) mass is 283 g/mol. The van der Waals surface area contributed by atoms with Crippen molar-refractivity contribution in [3.8, 4) is 0 Å². The van der Waals surface area contributed by atoms with Crippen molar-refractivity contribution in [2.45, 2.75) is 26.2 Å². The summed E-state index contributed by atoms with van der Waals surface area (Å²) in [5.74, 6) is 0.355. The molecule has 1 atom stereocenters. The van der Waals surface area contributed by atoms with Gasteiger partial charge in [-0.25, -0.2) is 0 Å². The average molecular weight is 284 g/mol. The first kappa shape index (κ1) is 13.4. The summed E-state index contributed by atoms with van der Waals surface area (Å²) in [6.07, 6.45) is 4.63. The van der Waals surface area contributed by atoms with Crippen LogP contribution in [0.2, 0.25) is 10.0 Å². The molecule has 1 N–H and O–H groups in total. The van der Waals surface area contributed by atoms with Crippen molar-refractivity contribution in [2.24, 2.45) is 5.92 Å². The summed E-state index contributed by atoms with van der Waals surface area (Å²) in [6.45, 7) is 1.97. The van der Waals surface area contributed by atoms with Crippen LogP contribution >= 0.6 is 23.2 Å². The van der Waals surface area contributed by atoms with E-state index in [1.165, 1.54) is 0 Å². The van der Waals surface area contributed by atoms with Gasteiger partial charge in [0, 0.05) is 17.7 Å². The molecule has 1 aliphatic carbocycles. The Morgan fingerprint density at radius 2 is 2.17 bits per heavy atom. The predicted octanol–water partition coefficient (Wildman–Crippen LogP) is 4.68. The van der Waals surface area contributed by atoms with Crippen molar-refractivity contribution in [1.82, 2.24) is 0 Å². The number of benzene rings is 1. The minimum Gasteiger partial charge on any atom is -0.360 e. The topological polar surface area (TPSA) is 29.1 Å². The Labute approximate surface area is 117 Å². The fraction of sp³-hybridized carbons (Fsp3) is 0.357. The summed E-state index contributed by atoms with van der Waals surface area (Å²) in [5, 5.41) is 4.06. The number of Topliss-reactive ketones (excluding diaryl/α,β-unsaturated/α-hetero) is 1. The van der Waals surface area contributed by atoms with Crippen LogP contribution in [0.25, 0.3) is 0 Å². The number of carbonyl (C=O) groups is 1. The normalized spacial score (nSPS) is 22.3. The molecular weight excluding hydrogens is 269 g/mol. The summed E-state index contributed by atoms with van der Waals surface area (Å²) in [5.41, 5.74) is 1.56. The highest BCUT2D eigenvalue weighted by Crippen LogP contribution is 2.30. The maximum absolute atomic E-state index is 11.9. The van der Waals surface area contributed by atoms with Crippen LogP contribution in [0.1, 0.15) is 26.2 Å². The number of allylic oxidation sites excluding steroid dienone is 1. The van der Waals surface area contributed by atoms with E-state index in [0.717, 1.165) is 30.5 Å². The summed E-state index contributed by atoms with van der Waals surface area (Å²) < 4.78 is 0. The predicted molar refractivity (Wildman–Crippen MR) is 76.2 cm³/mol. The van der Waals surface area contributed by atoms with Gasteiger partial charge in [0.1, 0.15) is 0 Å². The van der Waals surface area contributed by atoms with Gasteiger partial charge in [-0.1, -0.05) is 36.2 Å². The molecule has 0 aliphatic heterocycles. The Kier molecular flexibility index (Phi) is 4.31. The molecule has 0 amide bonds. The molecule has 96 valence electrons. The Morgan fingerprint density at radius 1 is 1.39 bits per heavy atom. The second kappa shape index (κ2) is 5.77. The molecule has 18 heavy (non-hydrogen) atoms. The van der Waals surface area contributed by atoms with Crippen molar-refractivity contribution in [3.63, 3.8) is 0 Å². The zero-order valence-electron chi connectivity index (χ0n) is 10.2.